The van der Waals surface area contributed by atoms with Gasteiger partial charge in [0.15, 0.2) is 0 Å². The third-order valence-electron chi connectivity index (χ3n) is 3.84. The maximum Gasteiger partial charge on any atom is 0.252 e. The Morgan fingerprint density at radius 1 is 1.33 bits per heavy atom. The average Bonchev–Trinajstić information content (AvgIpc) is 3.20. The van der Waals surface area contributed by atoms with Gasteiger partial charge in [-0.2, -0.15) is 0 Å². The number of hydrogen-bond donors (Lipinski definition) is 2. The molecule has 1 aliphatic carbocycles. The largest absolute Gasteiger partial charge is 0.382 e. The summed E-state index contributed by atoms with van der Waals surface area (Å²) in [5.41, 5.74) is -0.354. The molecule has 1 aromatic carbocycles. The lowest BCUT2D eigenvalue weighted by Crippen LogP contribution is -2.42. The number of aliphatic hydroxyl groups is 1. The Kier molecular flexibility index (Phi) is 4.15. The summed E-state index contributed by atoms with van der Waals surface area (Å²) in [7, 11) is 0. The fourth-order valence-corrected chi connectivity index (χ4v) is 3.84. The molecule has 1 saturated carbocycles. The first-order valence-corrected chi connectivity index (χ1v) is 8.57. The Morgan fingerprint density at radius 3 is 2.71 bits per heavy atom. The molecule has 3 rings (SSSR count). The third-order valence-corrected chi connectivity index (χ3v) is 5.57. The molecular weight excluding hydrogens is 350 g/mol. The number of benzene rings is 1. The number of carbonyl (C=O) groups excluding carboxylic acids is 1. The molecule has 0 aliphatic heterocycles. The minimum Gasteiger partial charge on any atom is -0.382 e. The van der Waals surface area contributed by atoms with Crippen LogP contribution < -0.4 is 5.32 Å². The van der Waals surface area contributed by atoms with E-state index >= 15 is 0 Å². The highest BCUT2D eigenvalue weighted by Crippen LogP contribution is 2.46. The number of amides is 1. The molecule has 2 aromatic rings. The molecule has 1 amide bonds. The lowest BCUT2D eigenvalue weighted by Gasteiger charge is -2.27. The molecule has 2 N–H and O–H groups in total. The van der Waals surface area contributed by atoms with Crippen molar-refractivity contribution < 1.29 is 9.90 Å². The molecule has 21 heavy (non-hydrogen) atoms. The summed E-state index contributed by atoms with van der Waals surface area (Å²) < 4.78 is 0.758. The summed E-state index contributed by atoms with van der Waals surface area (Å²) in [4.78, 5) is 13.2. The van der Waals surface area contributed by atoms with Crippen LogP contribution in [0.2, 0.25) is 0 Å². The van der Waals surface area contributed by atoms with Gasteiger partial charge in [0.2, 0.25) is 0 Å². The van der Waals surface area contributed by atoms with Gasteiger partial charge in [-0.15, -0.1) is 11.3 Å². The van der Waals surface area contributed by atoms with Crippen molar-refractivity contribution in [1.82, 2.24) is 5.32 Å². The first-order chi connectivity index (χ1) is 10.1. The van der Waals surface area contributed by atoms with Gasteiger partial charge in [-0.25, -0.2) is 0 Å². The summed E-state index contributed by atoms with van der Waals surface area (Å²) in [6.07, 6.45) is 2.03. The van der Waals surface area contributed by atoms with Gasteiger partial charge in [-0.1, -0.05) is 18.2 Å². The molecule has 0 radical (unpaired) electrons. The Morgan fingerprint density at radius 2 is 2.10 bits per heavy atom. The summed E-state index contributed by atoms with van der Waals surface area (Å²) >= 11 is 4.91. The number of rotatable bonds is 5. The average molecular weight is 366 g/mol. The van der Waals surface area contributed by atoms with Crippen molar-refractivity contribution in [3.8, 4) is 0 Å². The van der Waals surface area contributed by atoms with Crippen LogP contribution in [0.15, 0.2) is 46.3 Å². The van der Waals surface area contributed by atoms with Crippen LogP contribution in [0.3, 0.4) is 0 Å². The van der Waals surface area contributed by atoms with Crippen LogP contribution in [-0.2, 0) is 5.60 Å². The second kappa shape index (κ2) is 5.91. The molecule has 0 spiro atoms. The van der Waals surface area contributed by atoms with E-state index in [0.717, 1.165) is 22.2 Å². The SMILES string of the molecule is O=C(NCC(O)(c1cccs1)C1CC1)c1ccccc1Br. The van der Waals surface area contributed by atoms with Gasteiger partial charge >= 0.3 is 0 Å². The summed E-state index contributed by atoms with van der Waals surface area (Å²) in [6, 6.07) is 11.2. The van der Waals surface area contributed by atoms with Crippen LogP contribution in [0.1, 0.15) is 28.1 Å². The molecule has 1 aliphatic rings. The Bertz CT molecular complexity index is 639. The van der Waals surface area contributed by atoms with Crippen molar-refractivity contribution in [3.05, 3.63) is 56.7 Å². The van der Waals surface area contributed by atoms with Gasteiger partial charge in [0, 0.05) is 9.35 Å². The van der Waals surface area contributed by atoms with E-state index in [0.29, 0.717) is 5.56 Å². The Labute approximate surface area is 136 Å². The molecule has 1 fully saturated rings. The first kappa shape index (κ1) is 14.8. The summed E-state index contributed by atoms with van der Waals surface area (Å²) in [5, 5.41) is 15.8. The van der Waals surface area contributed by atoms with Crippen molar-refractivity contribution in [2.45, 2.75) is 18.4 Å². The zero-order valence-corrected chi connectivity index (χ0v) is 13.8. The van der Waals surface area contributed by atoms with E-state index < -0.39 is 5.60 Å². The fraction of sp³-hybridized carbons (Fsp3) is 0.312. The molecule has 3 nitrogen and oxygen atoms in total. The molecule has 0 saturated heterocycles. The van der Waals surface area contributed by atoms with Crippen LogP contribution in [0.4, 0.5) is 0 Å². The highest BCUT2D eigenvalue weighted by molar-refractivity contribution is 9.10. The van der Waals surface area contributed by atoms with E-state index in [2.05, 4.69) is 21.2 Å². The van der Waals surface area contributed by atoms with Gasteiger partial charge in [-0.05, 0) is 58.3 Å². The van der Waals surface area contributed by atoms with Gasteiger partial charge in [-0.3, -0.25) is 4.79 Å². The van der Waals surface area contributed by atoms with Crippen molar-refractivity contribution in [1.29, 1.82) is 0 Å². The Hall–Kier alpha value is -1.17. The van der Waals surface area contributed by atoms with Crippen LogP contribution in [0.5, 0.6) is 0 Å². The standard InChI is InChI=1S/C16H16BrNO2S/c17-13-5-2-1-4-12(13)15(19)18-10-16(20,11-7-8-11)14-6-3-9-21-14/h1-6,9,11,20H,7-8,10H2,(H,18,19). The number of hydrogen-bond acceptors (Lipinski definition) is 3. The minimum absolute atomic E-state index is 0.168. The highest BCUT2D eigenvalue weighted by atomic mass is 79.9. The predicted octanol–water partition coefficient (Wildman–Crippen LogP) is 3.54. The lowest BCUT2D eigenvalue weighted by atomic mass is 9.95. The zero-order chi connectivity index (χ0) is 14.9. The van der Waals surface area contributed by atoms with Gasteiger partial charge in [0.1, 0.15) is 5.60 Å². The van der Waals surface area contributed by atoms with Crippen LogP contribution in [0, 0.1) is 5.92 Å². The van der Waals surface area contributed by atoms with Gasteiger partial charge in [0.05, 0.1) is 12.1 Å². The number of nitrogens with one attached hydrogen (secondary N) is 1. The fourth-order valence-electron chi connectivity index (χ4n) is 2.47. The number of halogens is 1. The van der Waals surface area contributed by atoms with Crippen molar-refractivity contribution >= 4 is 33.2 Å². The monoisotopic (exact) mass is 365 g/mol. The quantitative estimate of drug-likeness (QED) is 0.851. The molecule has 1 heterocycles. The van der Waals surface area contributed by atoms with Crippen molar-refractivity contribution in [3.63, 3.8) is 0 Å². The molecule has 5 heteroatoms. The van der Waals surface area contributed by atoms with Crippen LogP contribution >= 0.6 is 27.3 Å². The third kappa shape index (κ3) is 3.05. The van der Waals surface area contributed by atoms with Gasteiger partial charge in [0.25, 0.3) is 5.91 Å². The molecule has 0 bridgehead atoms. The molecule has 1 atom stereocenters. The zero-order valence-electron chi connectivity index (χ0n) is 11.4. The molecule has 110 valence electrons. The predicted molar refractivity (Wildman–Crippen MR) is 87.4 cm³/mol. The topological polar surface area (TPSA) is 49.3 Å². The van der Waals surface area contributed by atoms with E-state index in [1.807, 2.05) is 35.7 Å². The van der Waals surface area contributed by atoms with Crippen molar-refractivity contribution in [2.75, 3.05) is 6.54 Å². The van der Waals surface area contributed by atoms with E-state index in [9.17, 15) is 9.90 Å². The second-order valence-electron chi connectivity index (χ2n) is 5.34. The van der Waals surface area contributed by atoms with Gasteiger partial charge < -0.3 is 10.4 Å². The number of thiophene rings is 1. The lowest BCUT2D eigenvalue weighted by molar-refractivity contribution is 0.0169. The van der Waals surface area contributed by atoms with E-state index in [1.165, 1.54) is 11.3 Å². The first-order valence-electron chi connectivity index (χ1n) is 6.90. The van der Waals surface area contributed by atoms with E-state index in [-0.39, 0.29) is 18.4 Å². The smallest absolute Gasteiger partial charge is 0.252 e. The van der Waals surface area contributed by atoms with Crippen molar-refractivity contribution in [2.24, 2.45) is 5.92 Å². The second-order valence-corrected chi connectivity index (χ2v) is 7.14. The highest BCUT2D eigenvalue weighted by Gasteiger charge is 2.46. The van der Waals surface area contributed by atoms with Crippen LogP contribution in [-0.4, -0.2) is 17.6 Å². The summed E-state index contributed by atoms with van der Waals surface area (Å²) in [5.74, 6) is 0.0776. The molecule has 1 aromatic heterocycles. The normalized spacial score (nSPS) is 17.2. The molecule has 1 unspecified atom stereocenters. The summed E-state index contributed by atoms with van der Waals surface area (Å²) in [6.45, 7) is 0.248. The maximum absolute atomic E-state index is 12.3. The number of carbonyl (C=O) groups is 1. The molecular formula is C16H16BrNO2S. The maximum atomic E-state index is 12.3. The Balaban J connectivity index is 1.74. The minimum atomic E-state index is -0.939. The van der Waals surface area contributed by atoms with E-state index in [4.69, 9.17) is 0 Å². The van der Waals surface area contributed by atoms with E-state index in [1.54, 1.807) is 6.07 Å². The van der Waals surface area contributed by atoms with Crippen LogP contribution in [0.25, 0.3) is 0 Å².